The number of carbonyl (C=O) groups excluding carboxylic acids is 3. The number of halogens is 1. The number of benzene rings is 4. The van der Waals surface area contributed by atoms with E-state index in [9.17, 15) is 14.4 Å². The number of hydrogen-bond donors (Lipinski definition) is 2. The number of carbonyl (C=O) groups is 3. The van der Waals surface area contributed by atoms with E-state index in [1.165, 1.54) is 17.0 Å². The van der Waals surface area contributed by atoms with Crippen LogP contribution in [0.2, 0.25) is 0 Å². The lowest BCUT2D eigenvalue weighted by atomic mass is 10.0. The highest BCUT2D eigenvalue weighted by Crippen LogP contribution is 2.38. The van der Waals surface area contributed by atoms with Crippen LogP contribution in [0.3, 0.4) is 0 Å². The number of ketones is 1. The van der Waals surface area contributed by atoms with Gasteiger partial charge in [-0.1, -0.05) is 59.8 Å². The summed E-state index contributed by atoms with van der Waals surface area (Å²) < 4.78 is 20.6. The number of Topliss-reactive ketones (excluding diaryl/α,β-unsaturated/α-hetero) is 1. The predicted molar refractivity (Wildman–Crippen MR) is 147 cm³/mol. The zero-order valence-electron chi connectivity index (χ0n) is 21.3. The summed E-state index contributed by atoms with van der Waals surface area (Å²) in [6.45, 7) is 0.176. The summed E-state index contributed by atoms with van der Waals surface area (Å²) in [7, 11) is 0. The molecule has 40 heavy (non-hydrogen) atoms. The Morgan fingerprint density at radius 2 is 1.82 bits per heavy atom. The Morgan fingerprint density at radius 1 is 1.00 bits per heavy atom. The van der Waals surface area contributed by atoms with Crippen LogP contribution in [-0.4, -0.2) is 52.4 Å². The Kier molecular flexibility index (Phi) is 6.65. The number of anilines is 1. The zero-order chi connectivity index (χ0) is 27.6. The summed E-state index contributed by atoms with van der Waals surface area (Å²) >= 11 is 0. The van der Waals surface area contributed by atoms with E-state index in [0.29, 0.717) is 27.8 Å². The topological polar surface area (TPSA) is 117 Å². The van der Waals surface area contributed by atoms with Crippen molar-refractivity contribution in [2.75, 3.05) is 18.0 Å². The molecular formula is C30H24FN5O4. The predicted octanol–water partition coefficient (Wildman–Crippen LogP) is 5.02. The third-order valence-electron chi connectivity index (χ3n) is 6.96. The number of aromatic nitrogens is 3. The fourth-order valence-electron chi connectivity index (χ4n) is 4.95. The molecule has 1 aromatic heterocycles. The number of ether oxygens (including phenoxy) is 1. The smallest absolute Gasteiger partial charge is 0.414 e. The fraction of sp³-hybridized carbons (Fsp3) is 0.167. The van der Waals surface area contributed by atoms with Crippen LogP contribution in [0, 0.1) is 5.82 Å². The summed E-state index contributed by atoms with van der Waals surface area (Å²) in [6.07, 6.45) is -1.23. The molecule has 0 spiro atoms. The summed E-state index contributed by atoms with van der Waals surface area (Å²) in [5.74, 6) is -0.971. The van der Waals surface area contributed by atoms with Crippen molar-refractivity contribution in [2.45, 2.75) is 18.9 Å². The molecule has 1 aliphatic rings. The van der Waals surface area contributed by atoms with Crippen molar-refractivity contribution in [2.24, 2.45) is 0 Å². The molecule has 0 bridgehead atoms. The molecule has 200 valence electrons. The third-order valence-corrected chi connectivity index (χ3v) is 6.96. The molecule has 2 amide bonds. The van der Waals surface area contributed by atoms with Crippen LogP contribution < -0.4 is 10.2 Å². The van der Waals surface area contributed by atoms with Gasteiger partial charge in [0.15, 0.2) is 5.78 Å². The van der Waals surface area contributed by atoms with Gasteiger partial charge in [0, 0.05) is 29.5 Å². The highest BCUT2D eigenvalue weighted by Gasteiger charge is 2.35. The molecule has 10 heteroatoms. The molecule has 9 nitrogen and oxygen atoms in total. The van der Waals surface area contributed by atoms with Crippen molar-refractivity contribution in [1.82, 2.24) is 20.7 Å². The number of H-pyrrole nitrogens is 1. The monoisotopic (exact) mass is 537 g/mol. The van der Waals surface area contributed by atoms with Crippen molar-refractivity contribution in [3.8, 4) is 11.1 Å². The molecule has 0 unspecified atom stereocenters. The van der Waals surface area contributed by atoms with Crippen molar-refractivity contribution in [3.05, 3.63) is 90.2 Å². The van der Waals surface area contributed by atoms with Crippen LogP contribution in [-0.2, 0) is 9.53 Å². The van der Waals surface area contributed by atoms with E-state index in [4.69, 9.17) is 4.74 Å². The summed E-state index contributed by atoms with van der Waals surface area (Å²) in [4.78, 5) is 39.3. The quantitative estimate of drug-likeness (QED) is 0.269. The molecule has 0 aliphatic carbocycles. The summed E-state index contributed by atoms with van der Waals surface area (Å²) in [6, 6.07) is 22.9. The van der Waals surface area contributed by atoms with Crippen LogP contribution in [0.5, 0.6) is 0 Å². The second-order valence-electron chi connectivity index (χ2n) is 9.55. The van der Waals surface area contributed by atoms with Crippen molar-refractivity contribution < 1.29 is 23.5 Å². The lowest BCUT2D eigenvalue weighted by Gasteiger charge is -2.18. The molecule has 1 fully saturated rings. The van der Waals surface area contributed by atoms with Gasteiger partial charge in [-0.25, -0.2) is 9.18 Å². The number of hydrogen-bond acceptors (Lipinski definition) is 6. The second kappa shape index (κ2) is 10.6. The number of aromatic amines is 1. The Bertz CT molecular complexity index is 1770. The normalized spacial score (nSPS) is 15.0. The van der Waals surface area contributed by atoms with E-state index in [2.05, 4.69) is 20.7 Å². The first-order valence-corrected chi connectivity index (χ1v) is 12.8. The molecule has 1 saturated heterocycles. The highest BCUT2D eigenvalue weighted by atomic mass is 19.1. The maximum atomic E-state index is 15.1. The minimum absolute atomic E-state index is 0.00575. The minimum atomic E-state index is -0.648. The van der Waals surface area contributed by atoms with E-state index in [1.54, 1.807) is 30.3 Å². The molecule has 2 N–H and O–H groups in total. The van der Waals surface area contributed by atoms with Crippen LogP contribution in [0.1, 0.15) is 23.2 Å². The standard InChI is InChI=1S/C30H24FN5O4/c31-23-8-4-10-25(28(23)22-7-3-9-24-29(22)34-35-33-24)36-17-21(40-30(36)39)16-32-27(38)14-13-26(37)20-12-11-18-5-1-2-6-19(18)15-20/h1-12,15,21H,13-14,16-17H2,(H,32,38)(H,33,34,35)/t21-/m0/s1. The minimum Gasteiger partial charge on any atom is -0.442 e. The van der Waals surface area contributed by atoms with Gasteiger partial charge in [-0.05, 0) is 35.0 Å². The van der Waals surface area contributed by atoms with E-state index in [1.807, 2.05) is 36.4 Å². The zero-order valence-corrected chi connectivity index (χ0v) is 21.3. The van der Waals surface area contributed by atoms with Gasteiger partial charge in [-0.3, -0.25) is 19.6 Å². The summed E-state index contributed by atoms with van der Waals surface area (Å²) in [5.41, 5.74) is 2.68. The number of rotatable bonds is 8. The lowest BCUT2D eigenvalue weighted by molar-refractivity contribution is -0.121. The van der Waals surface area contributed by atoms with Crippen molar-refractivity contribution in [1.29, 1.82) is 0 Å². The molecule has 0 saturated carbocycles. The van der Waals surface area contributed by atoms with Crippen LogP contribution in [0.25, 0.3) is 32.9 Å². The molecule has 5 aromatic rings. The van der Waals surface area contributed by atoms with Crippen LogP contribution in [0.4, 0.5) is 14.9 Å². The van der Waals surface area contributed by atoms with Crippen molar-refractivity contribution in [3.63, 3.8) is 0 Å². The molecule has 4 aromatic carbocycles. The van der Waals surface area contributed by atoms with Gasteiger partial charge in [0.2, 0.25) is 5.91 Å². The number of fused-ring (bicyclic) bond motifs is 2. The second-order valence-corrected chi connectivity index (χ2v) is 9.55. The van der Waals surface area contributed by atoms with Gasteiger partial charge in [0.25, 0.3) is 0 Å². The molecule has 1 aliphatic heterocycles. The first kappa shape index (κ1) is 25.2. The lowest BCUT2D eigenvalue weighted by Crippen LogP contribution is -2.34. The Morgan fingerprint density at radius 3 is 2.70 bits per heavy atom. The molecule has 0 radical (unpaired) electrons. The van der Waals surface area contributed by atoms with E-state index in [0.717, 1.165) is 10.8 Å². The number of nitrogens with zero attached hydrogens (tertiary/aromatic N) is 3. The van der Waals surface area contributed by atoms with Gasteiger partial charge in [-0.15, -0.1) is 5.10 Å². The Balaban J connectivity index is 1.09. The van der Waals surface area contributed by atoms with E-state index in [-0.39, 0.29) is 43.2 Å². The van der Waals surface area contributed by atoms with Gasteiger partial charge >= 0.3 is 6.09 Å². The van der Waals surface area contributed by atoms with E-state index >= 15 is 4.39 Å². The maximum Gasteiger partial charge on any atom is 0.414 e. The molecular weight excluding hydrogens is 513 g/mol. The number of amides is 2. The first-order valence-electron chi connectivity index (χ1n) is 12.8. The Hall–Kier alpha value is -5.12. The summed E-state index contributed by atoms with van der Waals surface area (Å²) in [5, 5.41) is 15.4. The maximum absolute atomic E-state index is 15.1. The number of nitrogens with one attached hydrogen (secondary N) is 2. The molecule has 1 atom stereocenters. The SMILES string of the molecule is O=C(CCC(=O)c1ccc2ccccc2c1)NC[C@H]1CN(c2cccc(F)c2-c2cccc3[nH]nnc23)C(=O)O1. The van der Waals surface area contributed by atoms with Gasteiger partial charge in [0.1, 0.15) is 17.4 Å². The fourth-order valence-corrected chi connectivity index (χ4v) is 4.95. The Labute approximate surface area is 227 Å². The van der Waals surface area contributed by atoms with E-state index < -0.39 is 18.0 Å². The first-order chi connectivity index (χ1) is 19.5. The largest absolute Gasteiger partial charge is 0.442 e. The number of cyclic esters (lactones) is 1. The molecule has 6 rings (SSSR count). The highest BCUT2D eigenvalue weighted by molar-refractivity contribution is 6.02. The average Bonchev–Trinajstić information content (AvgIpc) is 3.61. The molecule has 2 heterocycles. The van der Waals surface area contributed by atoms with Gasteiger partial charge < -0.3 is 10.1 Å². The van der Waals surface area contributed by atoms with Gasteiger partial charge in [0.05, 0.1) is 24.3 Å². The van der Waals surface area contributed by atoms with Crippen LogP contribution in [0.15, 0.2) is 78.9 Å². The third kappa shape index (κ3) is 4.86. The van der Waals surface area contributed by atoms with Crippen molar-refractivity contribution >= 4 is 45.3 Å². The average molecular weight is 538 g/mol. The van der Waals surface area contributed by atoms with Gasteiger partial charge in [-0.2, -0.15) is 0 Å². The van der Waals surface area contributed by atoms with Crippen LogP contribution >= 0.6 is 0 Å².